The van der Waals surface area contributed by atoms with Gasteiger partial charge in [-0.1, -0.05) is 33.4 Å². The Morgan fingerprint density at radius 3 is 2.42 bits per heavy atom. The molecule has 0 unspecified atom stereocenters. The second kappa shape index (κ2) is 6.46. The van der Waals surface area contributed by atoms with Gasteiger partial charge in [-0.3, -0.25) is 0 Å². The van der Waals surface area contributed by atoms with Crippen molar-refractivity contribution in [2.24, 2.45) is 5.41 Å². The van der Waals surface area contributed by atoms with Gasteiger partial charge >= 0.3 is 0 Å². The zero-order valence-electron chi connectivity index (χ0n) is 15.8. The molecule has 132 valence electrons. The Hall–Kier alpha value is -1.44. The predicted octanol–water partition coefficient (Wildman–Crippen LogP) is 6.22. The normalized spacial score (nSPS) is 20.0. The molecule has 0 atom stereocenters. The van der Waals surface area contributed by atoms with Crippen LogP contribution >= 0.6 is 0 Å². The summed E-state index contributed by atoms with van der Waals surface area (Å²) in [5.74, 6) is 1.80. The quantitative estimate of drug-likeness (QED) is 0.577. The highest BCUT2D eigenvalue weighted by Crippen LogP contribution is 2.50. The number of ether oxygens (including phenoxy) is 2. The minimum Gasteiger partial charge on any atom is -0.487 e. The fourth-order valence-corrected chi connectivity index (χ4v) is 3.63. The Labute approximate surface area is 147 Å². The Morgan fingerprint density at radius 1 is 1.17 bits per heavy atom. The highest BCUT2D eigenvalue weighted by atomic mass is 16.5. The molecule has 2 heteroatoms. The molecule has 0 heterocycles. The maximum absolute atomic E-state index is 6.52. The van der Waals surface area contributed by atoms with Gasteiger partial charge in [-0.2, -0.15) is 0 Å². The van der Waals surface area contributed by atoms with Crippen LogP contribution < -0.4 is 9.47 Å². The van der Waals surface area contributed by atoms with Crippen LogP contribution in [0.5, 0.6) is 11.5 Å². The van der Waals surface area contributed by atoms with Crippen LogP contribution in [0.4, 0.5) is 0 Å². The van der Waals surface area contributed by atoms with Crippen molar-refractivity contribution in [3.05, 3.63) is 35.9 Å². The first-order valence-corrected chi connectivity index (χ1v) is 9.42. The summed E-state index contributed by atoms with van der Waals surface area (Å²) in [6.07, 6.45) is 8.36. The van der Waals surface area contributed by atoms with Crippen molar-refractivity contribution in [1.29, 1.82) is 0 Å². The molecule has 2 saturated carbocycles. The van der Waals surface area contributed by atoms with Crippen molar-refractivity contribution >= 4 is 0 Å². The van der Waals surface area contributed by atoms with Crippen LogP contribution in [-0.2, 0) is 0 Å². The fraction of sp³-hybridized carbons (Fsp3) is 0.636. The molecule has 0 aliphatic heterocycles. The number of hydrogen-bond acceptors (Lipinski definition) is 2. The molecule has 3 rings (SSSR count). The minimum atomic E-state index is -0.172. The van der Waals surface area contributed by atoms with Gasteiger partial charge in [0.25, 0.3) is 0 Å². The van der Waals surface area contributed by atoms with Crippen molar-refractivity contribution < 1.29 is 9.47 Å². The molecule has 1 aromatic rings. The monoisotopic (exact) mass is 328 g/mol. The smallest absolute Gasteiger partial charge is 0.162 e. The molecule has 2 fully saturated rings. The number of aryl methyl sites for hydroxylation is 1. The molecular weight excluding hydrogens is 296 g/mol. The lowest BCUT2D eigenvalue weighted by Gasteiger charge is -2.28. The van der Waals surface area contributed by atoms with Crippen LogP contribution in [0.1, 0.15) is 71.3 Å². The van der Waals surface area contributed by atoms with E-state index >= 15 is 0 Å². The molecule has 0 amide bonds. The van der Waals surface area contributed by atoms with Crippen LogP contribution in [0.3, 0.4) is 0 Å². The van der Waals surface area contributed by atoms with Gasteiger partial charge in [0, 0.05) is 0 Å². The first-order valence-electron chi connectivity index (χ1n) is 9.42. The van der Waals surface area contributed by atoms with E-state index in [2.05, 4.69) is 52.5 Å². The third-order valence-electron chi connectivity index (χ3n) is 5.09. The molecule has 24 heavy (non-hydrogen) atoms. The third kappa shape index (κ3) is 4.15. The van der Waals surface area contributed by atoms with Crippen LogP contribution in [0.25, 0.3) is 0 Å². The largest absolute Gasteiger partial charge is 0.487 e. The summed E-state index contributed by atoms with van der Waals surface area (Å²) in [6, 6.07) is 6.31. The summed E-state index contributed by atoms with van der Waals surface area (Å²) in [7, 11) is 0. The van der Waals surface area contributed by atoms with Crippen molar-refractivity contribution in [2.45, 2.75) is 84.3 Å². The molecule has 2 nitrogen and oxygen atoms in total. The average molecular weight is 328 g/mol. The lowest BCUT2D eigenvalue weighted by atomic mass is 9.86. The van der Waals surface area contributed by atoms with Crippen LogP contribution in [0.2, 0.25) is 0 Å². The van der Waals surface area contributed by atoms with Gasteiger partial charge < -0.3 is 9.47 Å². The molecule has 0 N–H and O–H groups in total. The average Bonchev–Trinajstić information content (AvgIpc) is 3.07. The Kier molecular flexibility index (Phi) is 4.68. The summed E-state index contributed by atoms with van der Waals surface area (Å²) in [5, 5.41) is 0. The van der Waals surface area contributed by atoms with Crippen molar-refractivity contribution in [1.82, 2.24) is 0 Å². The first-order chi connectivity index (χ1) is 11.3. The Bertz CT molecular complexity index is 599. The number of benzene rings is 1. The fourth-order valence-electron chi connectivity index (χ4n) is 3.63. The summed E-state index contributed by atoms with van der Waals surface area (Å²) >= 11 is 0. The standard InChI is InChI=1S/C22H32O2/c1-16-10-11-19(23-18-8-6-7-9-18)20(14-16)24-22(12-13-22)17(2)15-21(3,4)5/h10-11,14,18H,2,6-9,12-13,15H2,1,3-5H3. The predicted molar refractivity (Wildman–Crippen MR) is 99.9 cm³/mol. The molecule has 0 radical (unpaired) electrons. The molecule has 2 aliphatic carbocycles. The maximum atomic E-state index is 6.52. The highest BCUT2D eigenvalue weighted by Gasteiger charge is 2.49. The molecular formula is C22H32O2. The lowest BCUT2D eigenvalue weighted by molar-refractivity contribution is 0.167. The zero-order chi connectivity index (χ0) is 17.4. The van der Waals surface area contributed by atoms with E-state index in [-0.39, 0.29) is 11.0 Å². The van der Waals surface area contributed by atoms with Crippen LogP contribution in [0.15, 0.2) is 30.4 Å². The summed E-state index contributed by atoms with van der Waals surface area (Å²) in [6.45, 7) is 13.2. The summed E-state index contributed by atoms with van der Waals surface area (Å²) in [4.78, 5) is 0. The van der Waals surface area contributed by atoms with Gasteiger partial charge in [0.05, 0.1) is 6.10 Å². The van der Waals surface area contributed by atoms with E-state index < -0.39 is 0 Å². The highest BCUT2D eigenvalue weighted by molar-refractivity contribution is 5.45. The van der Waals surface area contributed by atoms with E-state index in [1.54, 1.807) is 0 Å². The molecule has 2 aliphatic rings. The zero-order valence-corrected chi connectivity index (χ0v) is 15.8. The van der Waals surface area contributed by atoms with Crippen LogP contribution in [-0.4, -0.2) is 11.7 Å². The summed E-state index contributed by atoms with van der Waals surface area (Å²) in [5.41, 5.74) is 2.50. The van der Waals surface area contributed by atoms with Crippen molar-refractivity contribution in [3.63, 3.8) is 0 Å². The number of hydrogen-bond donors (Lipinski definition) is 0. The van der Waals surface area contributed by atoms with E-state index in [9.17, 15) is 0 Å². The molecule has 0 aromatic heterocycles. The first kappa shape index (κ1) is 17.4. The Balaban J connectivity index is 1.76. The SMILES string of the molecule is C=C(CC(C)(C)C)C1(Oc2cc(C)ccc2OC2CCCC2)CC1. The van der Waals surface area contributed by atoms with Gasteiger partial charge in [0.2, 0.25) is 0 Å². The van der Waals surface area contributed by atoms with Crippen molar-refractivity contribution in [2.75, 3.05) is 0 Å². The van der Waals surface area contributed by atoms with E-state index in [0.29, 0.717) is 6.10 Å². The van der Waals surface area contributed by atoms with Crippen molar-refractivity contribution in [3.8, 4) is 11.5 Å². The van der Waals surface area contributed by atoms with Gasteiger partial charge in [0.1, 0.15) is 5.60 Å². The molecule has 1 aromatic carbocycles. The third-order valence-corrected chi connectivity index (χ3v) is 5.09. The van der Waals surface area contributed by atoms with Gasteiger partial charge in [-0.25, -0.2) is 0 Å². The number of rotatable bonds is 6. The van der Waals surface area contributed by atoms with Gasteiger partial charge in [-0.05, 0) is 80.6 Å². The molecule has 0 saturated heterocycles. The summed E-state index contributed by atoms with van der Waals surface area (Å²) < 4.78 is 12.8. The maximum Gasteiger partial charge on any atom is 0.162 e. The molecule has 0 bridgehead atoms. The van der Waals surface area contributed by atoms with Gasteiger partial charge in [0.15, 0.2) is 11.5 Å². The lowest BCUT2D eigenvalue weighted by Crippen LogP contribution is -2.24. The second-order valence-electron chi connectivity index (χ2n) is 8.91. The van der Waals surface area contributed by atoms with Gasteiger partial charge in [-0.15, -0.1) is 0 Å². The van der Waals surface area contributed by atoms with E-state index in [0.717, 1.165) is 43.6 Å². The minimum absolute atomic E-state index is 0.172. The van der Waals surface area contributed by atoms with Crippen LogP contribution in [0, 0.1) is 12.3 Å². The Morgan fingerprint density at radius 2 is 1.83 bits per heavy atom. The van der Waals surface area contributed by atoms with E-state index in [4.69, 9.17) is 9.47 Å². The van der Waals surface area contributed by atoms with E-state index in [1.807, 2.05) is 0 Å². The van der Waals surface area contributed by atoms with E-state index in [1.165, 1.54) is 24.0 Å². The molecule has 0 spiro atoms. The second-order valence-corrected chi connectivity index (χ2v) is 8.91. The topological polar surface area (TPSA) is 18.5 Å².